The zero-order valence-electron chi connectivity index (χ0n) is 27.3. The standard InChI is InChI=1S/C32H33ClN6O2.C4H10O/c1-32(2)9-14-38(15-10-32)29-25(17-28(40)41)30(33)36-19-26(29)22-5-6-24-20-39(13-8-21(24)16-22)31-35-12-7-27(37-31)23-4-3-11-34-18-23;1-4(2,3)5/h3-7,11-12,16,18-19H,8-10,13-15,17,20H2,1-2H3,(H,40,41);5H,1-3H3. The summed E-state index contributed by atoms with van der Waals surface area (Å²) in [6, 6.07) is 12.3. The molecule has 1 aromatic carbocycles. The maximum atomic E-state index is 11.8. The van der Waals surface area contributed by atoms with Crippen molar-refractivity contribution < 1.29 is 15.0 Å². The van der Waals surface area contributed by atoms with Gasteiger partial charge in [-0.1, -0.05) is 43.6 Å². The molecule has 1 fully saturated rings. The SMILES string of the molecule is CC(C)(C)O.CC1(C)CCN(c2c(-c3ccc4c(c3)CCN(c3nccc(-c5cccnc5)n3)C4)cnc(Cl)c2CC(=O)O)CC1. The summed E-state index contributed by atoms with van der Waals surface area (Å²) < 4.78 is 0. The van der Waals surface area contributed by atoms with Gasteiger partial charge in [-0.15, -0.1) is 0 Å². The average molecular weight is 643 g/mol. The molecule has 4 aromatic rings. The highest BCUT2D eigenvalue weighted by Gasteiger charge is 2.30. The molecule has 10 heteroatoms. The molecule has 2 aliphatic rings. The topological polar surface area (TPSA) is 116 Å². The Morgan fingerprint density at radius 3 is 2.37 bits per heavy atom. The van der Waals surface area contributed by atoms with Gasteiger partial charge in [-0.25, -0.2) is 15.0 Å². The molecule has 0 radical (unpaired) electrons. The predicted molar refractivity (Wildman–Crippen MR) is 183 cm³/mol. The normalized spacial score (nSPS) is 15.9. The van der Waals surface area contributed by atoms with Gasteiger partial charge in [0.05, 0.1) is 23.4 Å². The molecule has 9 nitrogen and oxygen atoms in total. The lowest BCUT2D eigenvalue weighted by Crippen LogP contribution is -2.38. The number of hydrogen-bond donors (Lipinski definition) is 2. The number of fused-ring (bicyclic) bond motifs is 1. The molecule has 1 saturated heterocycles. The van der Waals surface area contributed by atoms with Crippen LogP contribution in [-0.2, 0) is 24.2 Å². The van der Waals surface area contributed by atoms with E-state index in [9.17, 15) is 9.90 Å². The number of nitrogens with zero attached hydrogens (tertiary/aromatic N) is 6. The van der Waals surface area contributed by atoms with Gasteiger partial charge >= 0.3 is 5.97 Å². The zero-order valence-corrected chi connectivity index (χ0v) is 28.1. The number of aliphatic hydroxyl groups is 1. The molecule has 3 aromatic heterocycles. The highest BCUT2D eigenvalue weighted by molar-refractivity contribution is 6.31. The maximum Gasteiger partial charge on any atom is 0.308 e. The van der Waals surface area contributed by atoms with Crippen LogP contribution in [0.1, 0.15) is 64.2 Å². The Labute approximate surface area is 276 Å². The van der Waals surface area contributed by atoms with E-state index in [2.05, 4.69) is 56.8 Å². The summed E-state index contributed by atoms with van der Waals surface area (Å²) >= 11 is 6.53. The maximum absolute atomic E-state index is 11.8. The Kier molecular flexibility index (Phi) is 9.93. The lowest BCUT2D eigenvalue weighted by molar-refractivity contribution is -0.136. The van der Waals surface area contributed by atoms with E-state index in [1.165, 1.54) is 11.1 Å². The smallest absolute Gasteiger partial charge is 0.308 e. The first-order valence-electron chi connectivity index (χ1n) is 15.7. The molecule has 0 aliphatic carbocycles. The van der Waals surface area contributed by atoms with Crippen molar-refractivity contribution >= 4 is 29.2 Å². The molecule has 0 unspecified atom stereocenters. The third kappa shape index (κ3) is 8.39. The van der Waals surface area contributed by atoms with Crippen LogP contribution >= 0.6 is 11.6 Å². The largest absolute Gasteiger partial charge is 0.481 e. The quantitative estimate of drug-likeness (QED) is 0.218. The first-order valence-corrected chi connectivity index (χ1v) is 16.1. The Bertz CT molecular complexity index is 1670. The van der Waals surface area contributed by atoms with Crippen molar-refractivity contribution in [1.82, 2.24) is 19.9 Å². The molecule has 2 aliphatic heterocycles. The van der Waals surface area contributed by atoms with Crippen LogP contribution in [0.5, 0.6) is 0 Å². The lowest BCUT2D eigenvalue weighted by Gasteiger charge is -2.40. The highest BCUT2D eigenvalue weighted by Crippen LogP contribution is 2.41. The van der Waals surface area contributed by atoms with Gasteiger partial charge in [0.15, 0.2) is 0 Å². The van der Waals surface area contributed by atoms with Gasteiger partial charge in [-0.05, 0) is 80.3 Å². The van der Waals surface area contributed by atoms with Crippen molar-refractivity contribution in [2.75, 3.05) is 29.4 Å². The second-order valence-electron chi connectivity index (χ2n) is 13.8. The van der Waals surface area contributed by atoms with Crippen molar-refractivity contribution in [3.8, 4) is 22.4 Å². The average Bonchev–Trinajstić information content (AvgIpc) is 3.01. The number of rotatable bonds is 6. The van der Waals surface area contributed by atoms with Crippen molar-refractivity contribution in [2.45, 2.75) is 72.4 Å². The molecule has 0 atom stereocenters. The number of aromatic nitrogens is 4. The van der Waals surface area contributed by atoms with Crippen LogP contribution in [-0.4, -0.2) is 61.4 Å². The number of anilines is 2. The Morgan fingerprint density at radius 1 is 0.957 bits per heavy atom. The third-order valence-electron chi connectivity index (χ3n) is 8.27. The second-order valence-corrected chi connectivity index (χ2v) is 14.2. The molecule has 6 rings (SSSR count). The van der Waals surface area contributed by atoms with E-state index >= 15 is 0 Å². The van der Waals surface area contributed by atoms with Crippen LogP contribution in [0.3, 0.4) is 0 Å². The summed E-state index contributed by atoms with van der Waals surface area (Å²) in [6.45, 7) is 13.0. The van der Waals surface area contributed by atoms with Crippen LogP contribution in [0.25, 0.3) is 22.4 Å². The second kappa shape index (κ2) is 13.7. The van der Waals surface area contributed by atoms with Crippen LogP contribution in [0.2, 0.25) is 5.15 Å². The summed E-state index contributed by atoms with van der Waals surface area (Å²) in [7, 11) is 0. The minimum atomic E-state index is -0.912. The molecule has 0 amide bonds. The van der Waals surface area contributed by atoms with E-state index in [0.29, 0.717) is 18.1 Å². The van der Waals surface area contributed by atoms with E-state index in [0.717, 1.165) is 67.0 Å². The van der Waals surface area contributed by atoms with Crippen LogP contribution in [0.4, 0.5) is 11.6 Å². The molecule has 2 N–H and O–H groups in total. The summed E-state index contributed by atoms with van der Waals surface area (Å²) in [5, 5.41) is 18.5. The Hall–Kier alpha value is -4.08. The van der Waals surface area contributed by atoms with Gasteiger partial charge < -0.3 is 20.0 Å². The van der Waals surface area contributed by atoms with Gasteiger partial charge in [-0.2, -0.15) is 0 Å². The van der Waals surface area contributed by atoms with Gasteiger partial charge in [0.25, 0.3) is 0 Å². The van der Waals surface area contributed by atoms with E-state index in [-0.39, 0.29) is 17.0 Å². The van der Waals surface area contributed by atoms with Gasteiger partial charge in [0, 0.05) is 67.7 Å². The summed E-state index contributed by atoms with van der Waals surface area (Å²) in [4.78, 5) is 34.4. The Balaban J connectivity index is 0.000000775. The highest BCUT2D eigenvalue weighted by atomic mass is 35.5. The summed E-state index contributed by atoms with van der Waals surface area (Å²) in [5.74, 6) is -0.207. The summed E-state index contributed by atoms with van der Waals surface area (Å²) in [6.07, 6.45) is 9.92. The fourth-order valence-corrected chi connectivity index (χ4v) is 6.01. The molecule has 0 bridgehead atoms. The van der Waals surface area contributed by atoms with Crippen molar-refractivity contribution in [3.05, 3.63) is 83.0 Å². The fourth-order valence-electron chi connectivity index (χ4n) is 5.80. The number of carboxylic acid groups (broad SMARTS) is 1. The Morgan fingerprint density at radius 2 is 1.70 bits per heavy atom. The van der Waals surface area contributed by atoms with Gasteiger partial charge in [-0.3, -0.25) is 9.78 Å². The summed E-state index contributed by atoms with van der Waals surface area (Å²) in [5.41, 5.74) is 7.53. The number of halogens is 1. The number of aliphatic carboxylic acids is 1. The zero-order chi connectivity index (χ0) is 33.1. The van der Waals surface area contributed by atoms with E-state index in [4.69, 9.17) is 21.7 Å². The molecule has 0 spiro atoms. The van der Waals surface area contributed by atoms with Crippen LogP contribution in [0, 0.1) is 5.41 Å². The number of benzene rings is 1. The van der Waals surface area contributed by atoms with Crippen molar-refractivity contribution in [2.24, 2.45) is 5.41 Å². The first-order chi connectivity index (χ1) is 21.8. The monoisotopic (exact) mass is 642 g/mol. The van der Waals surface area contributed by atoms with Gasteiger partial charge in [0.2, 0.25) is 5.95 Å². The number of carboxylic acids is 1. The molecule has 0 saturated carbocycles. The van der Waals surface area contributed by atoms with E-state index in [1.807, 2.05) is 24.4 Å². The number of hydrogen-bond acceptors (Lipinski definition) is 8. The number of carbonyl (C=O) groups is 1. The van der Waals surface area contributed by atoms with Crippen molar-refractivity contribution in [1.29, 1.82) is 0 Å². The van der Waals surface area contributed by atoms with Gasteiger partial charge in [0.1, 0.15) is 5.15 Å². The molecule has 5 heterocycles. The molecular formula is C36H43ClN6O3. The van der Waals surface area contributed by atoms with E-state index < -0.39 is 11.6 Å². The third-order valence-corrected chi connectivity index (χ3v) is 8.60. The predicted octanol–water partition coefficient (Wildman–Crippen LogP) is 6.85. The fraction of sp³-hybridized carbons (Fsp3) is 0.417. The van der Waals surface area contributed by atoms with Crippen LogP contribution in [0.15, 0.2) is 61.2 Å². The van der Waals surface area contributed by atoms with Crippen LogP contribution < -0.4 is 9.80 Å². The minimum absolute atomic E-state index is 0.160. The lowest BCUT2D eigenvalue weighted by atomic mass is 9.82. The van der Waals surface area contributed by atoms with Crippen molar-refractivity contribution in [3.63, 3.8) is 0 Å². The first kappa shape index (κ1) is 33.3. The number of pyridine rings is 2. The number of piperidine rings is 1. The minimum Gasteiger partial charge on any atom is -0.481 e. The molecular weight excluding hydrogens is 600 g/mol. The van der Waals surface area contributed by atoms with E-state index in [1.54, 1.807) is 39.4 Å². The molecule has 46 heavy (non-hydrogen) atoms. The molecule has 242 valence electrons.